The molecule has 0 saturated heterocycles. The van der Waals surface area contributed by atoms with Crippen molar-refractivity contribution in [1.29, 1.82) is 0 Å². The van der Waals surface area contributed by atoms with Gasteiger partial charge >= 0.3 is 0 Å². The van der Waals surface area contributed by atoms with Gasteiger partial charge in [-0.1, -0.05) is 12.1 Å². The number of para-hydroxylation sites is 2. The summed E-state index contributed by atoms with van der Waals surface area (Å²) in [4.78, 5) is 19.7. The molecule has 3 N–H and O–H groups in total. The van der Waals surface area contributed by atoms with E-state index in [0.29, 0.717) is 11.5 Å². The first-order valence-corrected chi connectivity index (χ1v) is 9.33. The quantitative estimate of drug-likeness (QED) is 0.545. The van der Waals surface area contributed by atoms with Crippen molar-refractivity contribution in [2.75, 3.05) is 25.6 Å². The Labute approximate surface area is 150 Å². The zero-order chi connectivity index (χ0) is 18.6. The number of benzene rings is 2. The van der Waals surface area contributed by atoms with E-state index in [0.717, 1.165) is 11.0 Å². The summed E-state index contributed by atoms with van der Waals surface area (Å²) in [6.07, 6.45) is 0. The van der Waals surface area contributed by atoms with Crippen LogP contribution in [0.15, 0.2) is 53.4 Å². The lowest BCUT2D eigenvalue weighted by Crippen LogP contribution is -2.27. The van der Waals surface area contributed by atoms with Crippen molar-refractivity contribution in [3.63, 3.8) is 0 Å². The smallest absolute Gasteiger partial charge is 0.257 e. The van der Waals surface area contributed by atoms with Gasteiger partial charge in [-0.05, 0) is 36.4 Å². The summed E-state index contributed by atoms with van der Waals surface area (Å²) in [5.74, 6) is -0.0607. The van der Waals surface area contributed by atoms with Crippen molar-refractivity contribution in [1.82, 2.24) is 14.7 Å². The first kappa shape index (κ1) is 18.1. The highest BCUT2D eigenvalue weighted by molar-refractivity contribution is 7.89. The Hall–Kier alpha value is -2.75. The van der Waals surface area contributed by atoms with Crippen molar-refractivity contribution < 1.29 is 17.9 Å². The minimum Gasteiger partial charge on any atom is -0.383 e. The summed E-state index contributed by atoms with van der Waals surface area (Å²) in [7, 11) is -2.14. The fraction of sp³-hybridized carbons (Fsp3) is 0.176. The lowest BCUT2D eigenvalue weighted by molar-refractivity contribution is 0.102. The Balaban J connectivity index is 1.70. The number of aromatic amines is 1. The third-order valence-corrected chi connectivity index (χ3v) is 5.12. The van der Waals surface area contributed by atoms with Crippen molar-refractivity contribution in [2.45, 2.75) is 4.90 Å². The number of carbonyl (C=O) groups is 1. The molecule has 9 heteroatoms. The average Bonchev–Trinajstić information content (AvgIpc) is 3.04. The summed E-state index contributed by atoms with van der Waals surface area (Å²) in [6, 6.07) is 13.1. The second-order valence-corrected chi connectivity index (χ2v) is 7.24. The Morgan fingerprint density at radius 1 is 1.15 bits per heavy atom. The van der Waals surface area contributed by atoms with Gasteiger partial charge in [0.1, 0.15) is 0 Å². The van der Waals surface area contributed by atoms with Gasteiger partial charge in [0.05, 0.1) is 22.5 Å². The van der Waals surface area contributed by atoms with E-state index in [2.05, 4.69) is 20.0 Å². The van der Waals surface area contributed by atoms with Crippen LogP contribution in [-0.2, 0) is 14.8 Å². The standard InChI is InChI=1S/C17H18N4O4S/c1-25-11-10-18-26(23,24)13-8-6-12(7-9-13)16(22)21-17-19-14-4-2-3-5-15(14)20-17/h2-9,18H,10-11H2,1H3,(H2,19,20,21,22). The van der Waals surface area contributed by atoms with Crippen LogP contribution in [0.4, 0.5) is 5.95 Å². The number of amides is 1. The van der Waals surface area contributed by atoms with Crippen LogP contribution in [-0.4, -0.2) is 44.6 Å². The van der Waals surface area contributed by atoms with Gasteiger partial charge in [0.2, 0.25) is 16.0 Å². The largest absolute Gasteiger partial charge is 0.383 e. The fourth-order valence-corrected chi connectivity index (χ4v) is 3.35. The SMILES string of the molecule is COCCNS(=O)(=O)c1ccc(C(=O)Nc2nc3ccccc3[nH]2)cc1. The van der Waals surface area contributed by atoms with Crippen molar-refractivity contribution in [2.24, 2.45) is 0 Å². The van der Waals surface area contributed by atoms with E-state index in [4.69, 9.17) is 4.74 Å². The topological polar surface area (TPSA) is 113 Å². The molecule has 0 fully saturated rings. The summed E-state index contributed by atoms with van der Waals surface area (Å²) >= 11 is 0. The molecule has 0 saturated carbocycles. The second kappa shape index (κ2) is 7.65. The molecule has 0 aliphatic rings. The molecule has 0 spiro atoms. The Morgan fingerprint density at radius 2 is 1.88 bits per heavy atom. The van der Waals surface area contributed by atoms with Gasteiger partial charge in [-0.3, -0.25) is 10.1 Å². The summed E-state index contributed by atoms with van der Waals surface area (Å²) in [5, 5.41) is 2.66. The van der Waals surface area contributed by atoms with E-state index in [1.165, 1.54) is 31.4 Å². The Kier molecular flexibility index (Phi) is 5.31. The molecule has 2 aromatic carbocycles. The van der Waals surface area contributed by atoms with Crippen LogP contribution in [0.5, 0.6) is 0 Å². The maximum absolute atomic E-state index is 12.3. The molecular formula is C17H18N4O4S. The van der Waals surface area contributed by atoms with Gasteiger partial charge in [-0.15, -0.1) is 0 Å². The molecule has 136 valence electrons. The monoisotopic (exact) mass is 374 g/mol. The van der Waals surface area contributed by atoms with E-state index in [1.807, 2.05) is 24.3 Å². The van der Waals surface area contributed by atoms with Crippen LogP contribution >= 0.6 is 0 Å². The van der Waals surface area contributed by atoms with Gasteiger partial charge in [0, 0.05) is 19.2 Å². The van der Waals surface area contributed by atoms with Crippen LogP contribution in [0.3, 0.4) is 0 Å². The maximum atomic E-state index is 12.3. The Bertz CT molecular complexity index is 980. The summed E-state index contributed by atoms with van der Waals surface area (Å²) in [6.45, 7) is 0.449. The lowest BCUT2D eigenvalue weighted by atomic mass is 10.2. The molecule has 0 aliphatic carbocycles. The number of ether oxygens (including phenoxy) is 1. The number of fused-ring (bicyclic) bond motifs is 1. The molecule has 26 heavy (non-hydrogen) atoms. The number of hydrogen-bond acceptors (Lipinski definition) is 5. The molecule has 3 rings (SSSR count). The molecule has 3 aromatic rings. The van der Waals surface area contributed by atoms with Crippen LogP contribution < -0.4 is 10.0 Å². The number of methoxy groups -OCH3 is 1. The first-order valence-electron chi connectivity index (χ1n) is 7.84. The number of aromatic nitrogens is 2. The number of nitrogens with one attached hydrogen (secondary N) is 3. The molecule has 8 nitrogen and oxygen atoms in total. The van der Waals surface area contributed by atoms with Gasteiger partial charge in [0.25, 0.3) is 5.91 Å². The number of H-pyrrole nitrogens is 1. The second-order valence-electron chi connectivity index (χ2n) is 5.47. The van der Waals surface area contributed by atoms with Crippen molar-refractivity contribution in [3.05, 3.63) is 54.1 Å². The number of imidazole rings is 1. The highest BCUT2D eigenvalue weighted by atomic mass is 32.2. The number of rotatable bonds is 7. The number of nitrogens with zero attached hydrogens (tertiary/aromatic N) is 1. The Morgan fingerprint density at radius 3 is 2.58 bits per heavy atom. The van der Waals surface area contributed by atoms with E-state index >= 15 is 0 Å². The molecule has 1 aromatic heterocycles. The third-order valence-electron chi connectivity index (χ3n) is 3.65. The van der Waals surface area contributed by atoms with Crippen LogP contribution in [0.2, 0.25) is 0 Å². The molecule has 1 heterocycles. The number of carbonyl (C=O) groups excluding carboxylic acids is 1. The van der Waals surface area contributed by atoms with Crippen LogP contribution in [0, 0.1) is 0 Å². The first-order chi connectivity index (χ1) is 12.5. The number of sulfonamides is 1. The normalized spacial score (nSPS) is 11.6. The van der Waals surface area contributed by atoms with E-state index in [1.54, 1.807) is 0 Å². The fourth-order valence-electron chi connectivity index (χ4n) is 2.34. The molecular weight excluding hydrogens is 356 g/mol. The van der Waals surface area contributed by atoms with Crippen molar-refractivity contribution in [3.8, 4) is 0 Å². The zero-order valence-corrected chi connectivity index (χ0v) is 14.8. The predicted molar refractivity (Wildman–Crippen MR) is 97.6 cm³/mol. The highest BCUT2D eigenvalue weighted by Crippen LogP contribution is 2.15. The summed E-state index contributed by atoms with van der Waals surface area (Å²) < 4.78 is 31.4. The van der Waals surface area contributed by atoms with Gasteiger partial charge < -0.3 is 9.72 Å². The third kappa shape index (κ3) is 4.07. The molecule has 0 radical (unpaired) electrons. The van der Waals surface area contributed by atoms with E-state index in [-0.39, 0.29) is 24.0 Å². The van der Waals surface area contributed by atoms with E-state index in [9.17, 15) is 13.2 Å². The minimum absolute atomic E-state index is 0.0777. The van der Waals surface area contributed by atoms with E-state index < -0.39 is 10.0 Å². The van der Waals surface area contributed by atoms with Gasteiger partial charge in [-0.2, -0.15) is 0 Å². The molecule has 0 atom stereocenters. The lowest BCUT2D eigenvalue weighted by Gasteiger charge is -2.07. The minimum atomic E-state index is -3.63. The molecule has 0 aliphatic heterocycles. The van der Waals surface area contributed by atoms with Crippen molar-refractivity contribution >= 4 is 32.9 Å². The zero-order valence-electron chi connectivity index (χ0n) is 14.0. The van der Waals surface area contributed by atoms with Gasteiger partial charge in [-0.25, -0.2) is 18.1 Å². The highest BCUT2D eigenvalue weighted by Gasteiger charge is 2.15. The average molecular weight is 374 g/mol. The number of anilines is 1. The molecule has 0 bridgehead atoms. The number of hydrogen-bond donors (Lipinski definition) is 3. The molecule has 1 amide bonds. The molecule has 0 unspecified atom stereocenters. The van der Waals surface area contributed by atoms with Crippen LogP contribution in [0.1, 0.15) is 10.4 Å². The van der Waals surface area contributed by atoms with Gasteiger partial charge in [0.15, 0.2) is 0 Å². The predicted octanol–water partition coefficient (Wildman–Crippen LogP) is 1.74. The summed E-state index contributed by atoms with van der Waals surface area (Å²) in [5.41, 5.74) is 1.87. The maximum Gasteiger partial charge on any atom is 0.257 e. The van der Waals surface area contributed by atoms with Crippen LogP contribution in [0.25, 0.3) is 11.0 Å².